The molecule has 0 aliphatic carbocycles. The van der Waals surface area contributed by atoms with Crippen molar-refractivity contribution in [2.45, 2.75) is 54.6 Å². The summed E-state index contributed by atoms with van der Waals surface area (Å²) in [6.07, 6.45) is 4.59. The molecule has 0 amide bonds. The molecule has 0 saturated carbocycles. The average Bonchev–Trinajstić information content (AvgIpc) is 2.35. The summed E-state index contributed by atoms with van der Waals surface area (Å²) in [6.45, 7) is 0. The number of hydrogen-bond acceptors (Lipinski definition) is 2. The molecule has 2 unspecified atom stereocenters. The molecule has 1 aromatic carbocycles. The molecule has 0 radical (unpaired) electrons. The third-order valence-corrected chi connectivity index (χ3v) is 5.84. The van der Waals surface area contributed by atoms with Crippen LogP contribution in [0.2, 0.25) is 0 Å². The van der Waals surface area contributed by atoms with Gasteiger partial charge in [-0.15, -0.1) is 0 Å². The van der Waals surface area contributed by atoms with Gasteiger partial charge >= 0.3 is 0 Å². The average molecular weight is 302 g/mol. The van der Waals surface area contributed by atoms with Gasteiger partial charge in [0, 0.05) is 23.0 Å². The normalized spacial score (nSPS) is 33.2. The number of aliphatic hydroxyl groups is 1. The van der Waals surface area contributed by atoms with E-state index >= 15 is 0 Å². The Hall–Kier alpha value is -0.680. The van der Waals surface area contributed by atoms with Crippen LogP contribution in [0.5, 0.6) is 0 Å². The highest BCUT2D eigenvalue weighted by molar-refractivity contribution is 8.00. The van der Waals surface area contributed by atoms with Crippen LogP contribution in [-0.4, -0.2) is 21.2 Å². The second kappa shape index (κ2) is 5.26. The van der Waals surface area contributed by atoms with Gasteiger partial charge < -0.3 is 5.11 Å². The molecule has 0 spiro atoms. The highest BCUT2D eigenvalue weighted by Gasteiger charge is 2.41. The molecule has 5 heteroatoms. The third-order valence-electron chi connectivity index (χ3n) is 4.26. The Morgan fingerprint density at radius 1 is 1.05 bits per heavy atom. The van der Waals surface area contributed by atoms with E-state index in [1.165, 1.54) is 6.42 Å². The monoisotopic (exact) mass is 302 g/mol. The molecule has 0 aromatic heterocycles. The molecule has 2 atom stereocenters. The Kier molecular flexibility index (Phi) is 3.75. The van der Waals surface area contributed by atoms with Crippen LogP contribution in [-0.2, 0) is 6.42 Å². The Bertz CT molecular complexity index is 508. The van der Waals surface area contributed by atoms with Crippen LogP contribution in [0.3, 0.4) is 0 Å². The van der Waals surface area contributed by atoms with Gasteiger partial charge in [0.2, 0.25) is 0 Å². The van der Waals surface area contributed by atoms with Gasteiger partial charge in [-0.3, -0.25) is 0 Å². The lowest BCUT2D eigenvalue weighted by molar-refractivity contribution is 0.0122. The van der Waals surface area contributed by atoms with Crippen molar-refractivity contribution < 1.29 is 18.3 Å². The van der Waals surface area contributed by atoms with E-state index in [1.807, 2.05) is 11.8 Å². The van der Waals surface area contributed by atoms with Gasteiger partial charge in [0.25, 0.3) is 0 Å². The second-order valence-electron chi connectivity index (χ2n) is 5.98. The van der Waals surface area contributed by atoms with Crippen LogP contribution < -0.4 is 0 Å². The first-order chi connectivity index (χ1) is 9.45. The zero-order valence-electron chi connectivity index (χ0n) is 11.0. The van der Waals surface area contributed by atoms with E-state index in [0.29, 0.717) is 29.4 Å². The molecule has 1 N–H and O–H groups in total. The smallest absolute Gasteiger partial charge is 0.161 e. The largest absolute Gasteiger partial charge is 0.389 e. The summed E-state index contributed by atoms with van der Waals surface area (Å²) < 4.78 is 39.9. The maximum absolute atomic E-state index is 13.7. The molecule has 2 bridgehead atoms. The number of thioether (sulfide) groups is 1. The summed E-state index contributed by atoms with van der Waals surface area (Å²) in [5.41, 5.74) is -0.928. The Labute approximate surface area is 120 Å². The van der Waals surface area contributed by atoms with Crippen molar-refractivity contribution in [3.63, 3.8) is 0 Å². The van der Waals surface area contributed by atoms with Crippen LogP contribution in [0, 0.1) is 17.5 Å². The molecule has 2 saturated heterocycles. The van der Waals surface area contributed by atoms with Crippen LogP contribution in [0.1, 0.15) is 37.7 Å². The molecule has 2 heterocycles. The van der Waals surface area contributed by atoms with E-state index < -0.39 is 23.1 Å². The number of halogens is 3. The van der Waals surface area contributed by atoms with Gasteiger partial charge in [-0.1, -0.05) is 6.42 Å². The van der Waals surface area contributed by atoms with Crippen molar-refractivity contribution in [2.24, 2.45) is 0 Å². The van der Waals surface area contributed by atoms with E-state index in [2.05, 4.69) is 0 Å². The molecule has 110 valence electrons. The first kappa shape index (κ1) is 14.3. The fourth-order valence-electron chi connectivity index (χ4n) is 3.41. The van der Waals surface area contributed by atoms with Gasteiger partial charge in [0.15, 0.2) is 11.6 Å². The van der Waals surface area contributed by atoms with E-state index in [4.69, 9.17) is 0 Å². The summed E-state index contributed by atoms with van der Waals surface area (Å²) in [6, 6.07) is 1.44. The summed E-state index contributed by atoms with van der Waals surface area (Å²) in [4.78, 5) is 0. The van der Waals surface area contributed by atoms with Crippen molar-refractivity contribution in [3.05, 3.63) is 35.1 Å². The predicted molar refractivity (Wildman–Crippen MR) is 73.2 cm³/mol. The van der Waals surface area contributed by atoms with Crippen LogP contribution in [0.25, 0.3) is 0 Å². The Morgan fingerprint density at radius 3 is 2.30 bits per heavy atom. The lowest BCUT2D eigenvalue weighted by Crippen LogP contribution is -2.44. The zero-order valence-corrected chi connectivity index (χ0v) is 11.9. The zero-order chi connectivity index (χ0) is 14.3. The fraction of sp³-hybridized carbons (Fsp3) is 0.600. The van der Waals surface area contributed by atoms with Gasteiger partial charge in [0.05, 0.1) is 5.60 Å². The van der Waals surface area contributed by atoms with Crippen LogP contribution in [0.4, 0.5) is 13.2 Å². The van der Waals surface area contributed by atoms with Crippen molar-refractivity contribution >= 4 is 11.8 Å². The highest BCUT2D eigenvalue weighted by Crippen LogP contribution is 2.46. The van der Waals surface area contributed by atoms with E-state index in [0.717, 1.165) is 18.9 Å². The van der Waals surface area contributed by atoms with Crippen molar-refractivity contribution in [2.75, 3.05) is 0 Å². The third kappa shape index (κ3) is 2.84. The molecule has 1 aromatic rings. The summed E-state index contributed by atoms with van der Waals surface area (Å²) >= 11 is 1.91. The number of fused-ring (bicyclic) bond motifs is 2. The maximum atomic E-state index is 13.7. The lowest BCUT2D eigenvalue weighted by Gasteiger charge is -2.44. The molecule has 2 fully saturated rings. The molecular weight excluding hydrogens is 285 g/mol. The topological polar surface area (TPSA) is 20.2 Å². The van der Waals surface area contributed by atoms with Crippen molar-refractivity contribution in [1.29, 1.82) is 0 Å². The van der Waals surface area contributed by atoms with E-state index in [-0.39, 0.29) is 12.0 Å². The minimum atomic E-state index is -1.19. The van der Waals surface area contributed by atoms with E-state index in [9.17, 15) is 18.3 Å². The number of hydrogen-bond donors (Lipinski definition) is 1. The van der Waals surface area contributed by atoms with Gasteiger partial charge in [0.1, 0.15) is 5.82 Å². The number of rotatable bonds is 2. The molecule has 1 nitrogen and oxygen atoms in total. The molecule has 3 rings (SSSR count). The first-order valence-corrected chi connectivity index (χ1v) is 7.91. The van der Waals surface area contributed by atoms with Crippen molar-refractivity contribution in [3.8, 4) is 0 Å². The van der Waals surface area contributed by atoms with E-state index in [1.54, 1.807) is 0 Å². The Balaban J connectivity index is 1.81. The first-order valence-electron chi connectivity index (χ1n) is 6.96. The second-order valence-corrected chi connectivity index (χ2v) is 7.58. The van der Waals surface area contributed by atoms with Crippen LogP contribution in [0.15, 0.2) is 12.1 Å². The SMILES string of the molecule is OC1(Cc2cc(F)c(F)cc2F)CC2CCCC(C1)S2. The molecular formula is C15H17F3OS. The molecule has 2 aliphatic heterocycles. The Morgan fingerprint density at radius 2 is 1.65 bits per heavy atom. The quantitative estimate of drug-likeness (QED) is 0.838. The van der Waals surface area contributed by atoms with Crippen molar-refractivity contribution in [1.82, 2.24) is 0 Å². The summed E-state index contributed by atoms with van der Waals surface area (Å²) in [5.74, 6) is -3.02. The lowest BCUT2D eigenvalue weighted by atomic mass is 9.81. The predicted octanol–water partition coefficient (Wildman–Crippen LogP) is 3.83. The highest BCUT2D eigenvalue weighted by atomic mass is 32.2. The van der Waals surface area contributed by atoms with Gasteiger partial charge in [-0.25, -0.2) is 13.2 Å². The van der Waals surface area contributed by atoms with Crippen LogP contribution >= 0.6 is 11.8 Å². The maximum Gasteiger partial charge on any atom is 0.161 e. The standard InChI is InChI=1S/C15H17F3OS/c16-12-5-14(18)13(17)4-9(12)6-15(19)7-10-2-1-3-11(8-15)20-10/h4-5,10-11,19H,1-3,6-8H2. The molecule has 2 aliphatic rings. The minimum Gasteiger partial charge on any atom is -0.389 e. The molecule has 20 heavy (non-hydrogen) atoms. The van der Waals surface area contributed by atoms with Gasteiger partial charge in [-0.2, -0.15) is 11.8 Å². The van der Waals surface area contributed by atoms with Gasteiger partial charge in [-0.05, 0) is 37.3 Å². The summed E-state index contributed by atoms with van der Waals surface area (Å²) in [7, 11) is 0. The number of benzene rings is 1. The minimum absolute atomic E-state index is 0.0591. The fourth-order valence-corrected chi connectivity index (χ4v) is 5.37. The summed E-state index contributed by atoms with van der Waals surface area (Å²) in [5, 5.41) is 11.5.